The van der Waals surface area contributed by atoms with Crippen molar-refractivity contribution in [2.75, 3.05) is 6.54 Å². The van der Waals surface area contributed by atoms with Crippen LogP contribution in [0.3, 0.4) is 0 Å². The van der Waals surface area contributed by atoms with Crippen molar-refractivity contribution in [3.8, 4) is 0 Å². The second kappa shape index (κ2) is 5.52. The van der Waals surface area contributed by atoms with E-state index in [0.717, 1.165) is 38.1 Å². The Morgan fingerprint density at radius 1 is 1.67 bits per heavy atom. The number of imidazole rings is 1. The molecule has 0 bridgehead atoms. The van der Waals surface area contributed by atoms with E-state index < -0.39 is 0 Å². The number of aryl methyl sites for hydroxylation is 1. The molecule has 1 aliphatic rings. The summed E-state index contributed by atoms with van der Waals surface area (Å²) in [5.74, 6) is 0.998. The highest BCUT2D eigenvalue weighted by Crippen LogP contribution is 2.24. The number of amides is 1. The van der Waals surface area contributed by atoms with E-state index in [4.69, 9.17) is 0 Å². The first-order valence-electron chi connectivity index (χ1n) is 6.67. The smallest absolute Gasteiger partial charge is 0.240 e. The standard InChI is InChI=1S/C13H22N4O/c1-3-5-13(6-4-7-16-13)12(18)15-10-11-14-8-9-17(11)2/h8-9,16H,3-7,10H2,1-2H3,(H,15,18). The Kier molecular flexibility index (Phi) is 4.01. The first-order valence-corrected chi connectivity index (χ1v) is 6.67. The number of nitrogens with one attached hydrogen (secondary N) is 2. The fraction of sp³-hybridized carbons (Fsp3) is 0.692. The van der Waals surface area contributed by atoms with Crippen molar-refractivity contribution in [1.29, 1.82) is 0 Å². The SMILES string of the molecule is CCCC1(C(=O)NCc2nccn2C)CCCN1. The number of carbonyl (C=O) groups excluding carboxylic acids is 1. The van der Waals surface area contributed by atoms with E-state index in [-0.39, 0.29) is 11.4 Å². The first kappa shape index (κ1) is 13.1. The molecule has 1 fully saturated rings. The molecule has 1 aliphatic heterocycles. The van der Waals surface area contributed by atoms with E-state index in [1.165, 1.54) is 0 Å². The first-order chi connectivity index (χ1) is 8.68. The van der Waals surface area contributed by atoms with Crippen molar-refractivity contribution in [2.24, 2.45) is 7.05 Å². The number of hydrogen-bond donors (Lipinski definition) is 2. The van der Waals surface area contributed by atoms with Crippen LogP contribution >= 0.6 is 0 Å². The van der Waals surface area contributed by atoms with Crippen molar-refractivity contribution in [1.82, 2.24) is 20.2 Å². The third-order valence-electron chi connectivity index (χ3n) is 3.68. The molecule has 5 nitrogen and oxygen atoms in total. The quantitative estimate of drug-likeness (QED) is 0.818. The molecular formula is C13H22N4O. The average Bonchev–Trinajstić information content (AvgIpc) is 2.97. The summed E-state index contributed by atoms with van der Waals surface area (Å²) < 4.78 is 1.93. The van der Waals surface area contributed by atoms with Crippen LogP contribution in [0.5, 0.6) is 0 Å². The van der Waals surface area contributed by atoms with Crippen molar-refractivity contribution in [2.45, 2.75) is 44.7 Å². The molecule has 0 aromatic carbocycles. The molecule has 1 amide bonds. The molecule has 1 unspecified atom stereocenters. The highest BCUT2D eigenvalue weighted by atomic mass is 16.2. The van der Waals surface area contributed by atoms with Gasteiger partial charge in [-0.2, -0.15) is 0 Å². The van der Waals surface area contributed by atoms with Crippen LogP contribution in [0.2, 0.25) is 0 Å². The van der Waals surface area contributed by atoms with Crippen molar-refractivity contribution in [3.05, 3.63) is 18.2 Å². The van der Waals surface area contributed by atoms with Crippen LogP contribution in [-0.4, -0.2) is 27.5 Å². The lowest BCUT2D eigenvalue weighted by Crippen LogP contribution is -2.53. The van der Waals surface area contributed by atoms with Gasteiger partial charge in [-0.1, -0.05) is 13.3 Å². The van der Waals surface area contributed by atoms with E-state index in [9.17, 15) is 4.79 Å². The van der Waals surface area contributed by atoms with Gasteiger partial charge in [0, 0.05) is 19.4 Å². The van der Waals surface area contributed by atoms with Crippen LogP contribution in [0.25, 0.3) is 0 Å². The number of nitrogens with zero attached hydrogens (tertiary/aromatic N) is 2. The van der Waals surface area contributed by atoms with E-state index >= 15 is 0 Å². The van der Waals surface area contributed by atoms with E-state index in [1.54, 1.807) is 6.20 Å². The van der Waals surface area contributed by atoms with Gasteiger partial charge in [-0.3, -0.25) is 4.79 Å². The molecule has 2 N–H and O–H groups in total. The monoisotopic (exact) mass is 250 g/mol. The summed E-state index contributed by atoms with van der Waals surface area (Å²) in [6.45, 7) is 3.55. The minimum Gasteiger partial charge on any atom is -0.347 e. The lowest BCUT2D eigenvalue weighted by atomic mass is 9.91. The van der Waals surface area contributed by atoms with E-state index in [0.29, 0.717) is 6.54 Å². The van der Waals surface area contributed by atoms with Gasteiger partial charge in [-0.25, -0.2) is 4.98 Å². The largest absolute Gasteiger partial charge is 0.347 e. The Balaban J connectivity index is 1.96. The molecule has 0 saturated carbocycles. The normalized spacial score (nSPS) is 23.2. The highest BCUT2D eigenvalue weighted by Gasteiger charge is 2.39. The fourth-order valence-corrected chi connectivity index (χ4v) is 2.65. The van der Waals surface area contributed by atoms with Gasteiger partial charge in [0.1, 0.15) is 5.82 Å². The number of rotatable bonds is 5. The summed E-state index contributed by atoms with van der Waals surface area (Å²) in [6, 6.07) is 0. The maximum absolute atomic E-state index is 12.4. The molecular weight excluding hydrogens is 228 g/mol. The molecule has 0 spiro atoms. The Morgan fingerprint density at radius 2 is 2.50 bits per heavy atom. The molecule has 1 atom stereocenters. The van der Waals surface area contributed by atoms with Crippen LogP contribution in [0.4, 0.5) is 0 Å². The lowest BCUT2D eigenvalue weighted by Gasteiger charge is -2.27. The van der Waals surface area contributed by atoms with E-state index in [2.05, 4.69) is 22.5 Å². The molecule has 1 aromatic rings. The van der Waals surface area contributed by atoms with Crippen molar-refractivity contribution >= 4 is 5.91 Å². The van der Waals surface area contributed by atoms with Gasteiger partial charge in [0.25, 0.3) is 0 Å². The maximum atomic E-state index is 12.4. The van der Waals surface area contributed by atoms with Crippen LogP contribution in [0.1, 0.15) is 38.4 Å². The van der Waals surface area contributed by atoms with Gasteiger partial charge < -0.3 is 15.2 Å². The molecule has 100 valence electrons. The van der Waals surface area contributed by atoms with Gasteiger partial charge in [-0.15, -0.1) is 0 Å². The fourth-order valence-electron chi connectivity index (χ4n) is 2.65. The van der Waals surface area contributed by atoms with E-state index in [1.807, 2.05) is 17.8 Å². The zero-order valence-corrected chi connectivity index (χ0v) is 11.2. The summed E-state index contributed by atoms with van der Waals surface area (Å²) in [4.78, 5) is 16.6. The average molecular weight is 250 g/mol. The zero-order valence-electron chi connectivity index (χ0n) is 11.2. The summed E-state index contributed by atoms with van der Waals surface area (Å²) in [6.07, 6.45) is 7.57. The van der Waals surface area contributed by atoms with Gasteiger partial charge >= 0.3 is 0 Å². The highest BCUT2D eigenvalue weighted by molar-refractivity contribution is 5.86. The van der Waals surface area contributed by atoms with Gasteiger partial charge in [0.05, 0.1) is 12.1 Å². The Bertz CT molecular complexity index is 407. The Labute approximate surface area is 108 Å². The molecule has 18 heavy (non-hydrogen) atoms. The molecule has 0 aliphatic carbocycles. The summed E-state index contributed by atoms with van der Waals surface area (Å²) in [7, 11) is 1.93. The van der Waals surface area contributed by atoms with Gasteiger partial charge in [0.15, 0.2) is 0 Å². The second-order valence-electron chi connectivity index (χ2n) is 5.00. The summed E-state index contributed by atoms with van der Waals surface area (Å²) >= 11 is 0. The number of hydrogen-bond acceptors (Lipinski definition) is 3. The third kappa shape index (κ3) is 2.56. The predicted molar refractivity (Wildman–Crippen MR) is 69.9 cm³/mol. The number of carbonyl (C=O) groups is 1. The molecule has 2 rings (SSSR count). The molecule has 5 heteroatoms. The summed E-state index contributed by atoms with van der Waals surface area (Å²) in [5, 5.41) is 6.38. The molecule has 1 aromatic heterocycles. The molecule has 1 saturated heterocycles. The van der Waals surface area contributed by atoms with Crippen LogP contribution < -0.4 is 10.6 Å². The van der Waals surface area contributed by atoms with Crippen LogP contribution in [0.15, 0.2) is 12.4 Å². The Morgan fingerprint density at radius 3 is 3.06 bits per heavy atom. The van der Waals surface area contributed by atoms with Gasteiger partial charge in [-0.05, 0) is 25.8 Å². The predicted octanol–water partition coefficient (Wildman–Crippen LogP) is 0.959. The second-order valence-corrected chi connectivity index (χ2v) is 5.00. The van der Waals surface area contributed by atoms with Crippen molar-refractivity contribution in [3.63, 3.8) is 0 Å². The van der Waals surface area contributed by atoms with Crippen LogP contribution in [0, 0.1) is 0 Å². The third-order valence-corrected chi connectivity index (χ3v) is 3.68. The zero-order chi connectivity index (χ0) is 13.0. The Hall–Kier alpha value is -1.36. The van der Waals surface area contributed by atoms with Gasteiger partial charge in [0.2, 0.25) is 5.91 Å². The minimum absolute atomic E-state index is 0.116. The molecule has 0 radical (unpaired) electrons. The topological polar surface area (TPSA) is 59.0 Å². The minimum atomic E-state index is -0.347. The maximum Gasteiger partial charge on any atom is 0.240 e. The summed E-state index contributed by atoms with van der Waals surface area (Å²) in [5.41, 5.74) is -0.347. The lowest BCUT2D eigenvalue weighted by molar-refractivity contribution is -0.127. The number of aromatic nitrogens is 2. The molecule has 2 heterocycles. The van der Waals surface area contributed by atoms with Crippen molar-refractivity contribution < 1.29 is 4.79 Å². The van der Waals surface area contributed by atoms with Crippen LogP contribution in [-0.2, 0) is 18.4 Å².